The van der Waals surface area contributed by atoms with Crippen LogP contribution < -0.4 is 29.6 Å². The van der Waals surface area contributed by atoms with Gasteiger partial charge < -0.3 is 12.3 Å². The zero-order valence-electron chi connectivity index (χ0n) is 6.12. The molecule has 0 aliphatic rings. The first-order chi connectivity index (χ1) is 3.91. The zero-order chi connectivity index (χ0) is 6.24. The van der Waals surface area contributed by atoms with Gasteiger partial charge >= 0.3 is 29.6 Å². The Morgan fingerprint density at radius 2 is 1.89 bits per heavy atom. The van der Waals surface area contributed by atoms with E-state index in [2.05, 4.69) is 17.8 Å². The molecule has 42 valence electrons. The van der Waals surface area contributed by atoms with Crippen molar-refractivity contribution < 1.29 is 29.6 Å². The number of rotatable bonds is 1. The van der Waals surface area contributed by atoms with Crippen molar-refractivity contribution in [2.24, 2.45) is 0 Å². The SMILES string of the molecule is [C-]#CCCC#CCC.[Na+]. The predicted molar refractivity (Wildman–Crippen MR) is 34.4 cm³/mol. The first-order valence-electron chi connectivity index (χ1n) is 2.77. The second-order valence-electron chi connectivity index (χ2n) is 1.38. The molecule has 0 spiro atoms. The van der Waals surface area contributed by atoms with E-state index in [9.17, 15) is 0 Å². The van der Waals surface area contributed by atoms with Gasteiger partial charge in [0.25, 0.3) is 0 Å². The van der Waals surface area contributed by atoms with E-state index in [4.69, 9.17) is 6.42 Å². The topological polar surface area (TPSA) is 0 Å². The van der Waals surface area contributed by atoms with Crippen molar-refractivity contribution in [1.82, 2.24) is 0 Å². The van der Waals surface area contributed by atoms with Gasteiger partial charge in [0.15, 0.2) is 0 Å². The second-order valence-corrected chi connectivity index (χ2v) is 1.38. The van der Waals surface area contributed by atoms with Gasteiger partial charge in [0, 0.05) is 12.8 Å². The van der Waals surface area contributed by atoms with Crippen molar-refractivity contribution in [1.29, 1.82) is 0 Å². The molecule has 0 fully saturated rings. The standard InChI is InChI=1S/C8H9.Na/c1-3-5-7-8-6-4-2;/h3,6,8H2,1H3;/q-1;+1. The normalized spacial score (nSPS) is 5.78. The minimum Gasteiger partial charge on any atom is -0.694 e. The largest absolute Gasteiger partial charge is 1.00 e. The Morgan fingerprint density at radius 1 is 1.22 bits per heavy atom. The Kier molecular flexibility index (Phi) is 14.5. The van der Waals surface area contributed by atoms with Crippen molar-refractivity contribution in [3.63, 3.8) is 0 Å². The van der Waals surface area contributed by atoms with Gasteiger partial charge in [-0.05, 0) is 6.42 Å². The molecule has 0 aromatic rings. The Hall–Kier alpha value is 0.120. The van der Waals surface area contributed by atoms with Crippen LogP contribution in [0.2, 0.25) is 0 Å². The van der Waals surface area contributed by atoms with E-state index < -0.39 is 0 Å². The maximum absolute atomic E-state index is 6.52. The molecule has 0 aliphatic heterocycles. The van der Waals surface area contributed by atoms with Crippen LogP contribution in [0.25, 0.3) is 0 Å². The van der Waals surface area contributed by atoms with Crippen LogP contribution in [0, 0.1) is 24.2 Å². The van der Waals surface area contributed by atoms with Crippen molar-refractivity contribution in [2.45, 2.75) is 26.2 Å². The van der Waals surface area contributed by atoms with E-state index >= 15 is 0 Å². The summed E-state index contributed by atoms with van der Waals surface area (Å²) in [6, 6.07) is 0. The smallest absolute Gasteiger partial charge is 0.694 e. The fourth-order valence-corrected chi connectivity index (χ4v) is 0.338. The molecule has 0 nitrogen and oxygen atoms in total. The summed E-state index contributed by atoms with van der Waals surface area (Å²) < 4.78 is 0. The summed E-state index contributed by atoms with van der Waals surface area (Å²) in [5.74, 6) is 8.09. The molecule has 0 heterocycles. The van der Waals surface area contributed by atoms with Gasteiger partial charge in [-0.25, -0.2) is 0 Å². The van der Waals surface area contributed by atoms with Crippen LogP contribution in [0.3, 0.4) is 0 Å². The molecule has 0 aromatic carbocycles. The molecule has 0 rings (SSSR count). The van der Waals surface area contributed by atoms with Crippen molar-refractivity contribution >= 4 is 0 Å². The molecular weight excluding hydrogens is 119 g/mol. The van der Waals surface area contributed by atoms with Gasteiger partial charge in [-0.15, -0.1) is 11.8 Å². The number of unbranched alkanes of at least 4 members (excludes halogenated alkanes) is 1. The number of hydrogen-bond acceptors (Lipinski definition) is 0. The fraction of sp³-hybridized carbons (Fsp3) is 0.500. The van der Waals surface area contributed by atoms with Gasteiger partial charge in [-0.2, -0.15) is 0 Å². The van der Waals surface area contributed by atoms with E-state index in [1.165, 1.54) is 0 Å². The van der Waals surface area contributed by atoms with Crippen LogP contribution in [0.1, 0.15) is 26.2 Å². The minimum absolute atomic E-state index is 0. The molecule has 0 N–H and O–H groups in total. The first kappa shape index (κ1) is 11.9. The molecule has 0 radical (unpaired) electrons. The molecule has 0 unspecified atom stereocenters. The fourth-order valence-electron chi connectivity index (χ4n) is 0.338. The van der Waals surface area contributed by atoms with E-state index in [0.29, 0.717) is 6.42 Å². The third kappa shape index (κ3) is 11.6. The molecule has 0 amide bonds. The molecule has 0 aliphatic carbocycles. The summed E-state index contributed by atoms with van der Waals surface area (Å²) in [7, 11) is 0. The number of hydrogen-bond donors (Lipinski definition) is 0. The van der Waals surface area contributed by atoms with Gasteiger partial charge in [-0.1, -0.05) is 6.92 Å². The summed E-state index contributed by atoms with van der Waals surface area (Å²) >= 11 is 0. The molecule has 0 saturated carbocycles. The summed E-state index contributed by atoms with van der Waals surface area (Å²) in [5, 5.41) is 0. The third-order valence-electron chi connectivity index (χ3n) is 0.677. The summed E-state index contributed by atoms with van der Waals surface area (Å²) in [4.78, 5) is 0. The van der Waals surface area contributed by atoms with E-state index in [1.54, 1.807) is 0 Å². The molecule has 9 heavy (non-hydrogen) atoms. The predicted octanol–water partition coefficient (Wildman–Crippen LogP) is -1.23. The Balaban J connectivity index is 0. The summed E-state index contributed by atoms with van der Waals surface area (Å²) in [6.07, 6.45) is 8.90. The molecule has 0 aromatic heterocycles. The van der Waals surface area contributed by atoms with Gasteiger partial charge in [0.2, 0.25) is 0 Å². The van der Waals surface area contributed by atoms with Crippen LogP contribution in [0.5, 0.6) is 0 Å². The zero-order valence-corrected chi connectivity index (χ0v) is 8.12. The van der Waals surface area contributed by atoms with Gasteiger partial charge in [0.05, 0.1) is 0 Å². The molecule has 0 atom stereocenters. The van der Waals surface area contributed by atoms with Crippen molar-refractivity contribution in [3.8, 4) is 17.8 Å². The monoisotopic (exact) mass is 128 g/mol. The second kappa shape index (κ2) is 11.0. The summed E-state index contributed by atoms with van der Waals surface area (Å²) in [6.45, 7) is 2.02. The van der Waals surface area contributed by atoms with Crippen molar-refractivity contribution in [2.75, 3.05) is 0 Å². The van der Waals surface area contributed by atoms with Crippen LogP contribution >= 0.6 is 0 Å². The van der Waals surface area contributed by atoms with Crippen LogP contribution in [-0.2, 0) is 0 Å². The van der Waals surface area contributed by atoms with Crippen LogP contribution in [0.15, 0.2) is 0 Å². The first-order valence-corrected chi connectivity index (χ1v) is 2.77. The quantitative estimate of drug-likeness (QED) is 0.180. The van der Waals surface area contributed by atoms with E-state index in [1.807, 2.05) is 6.92 Å². The Morgan fingerprint density at radius 3 is 2.33 bits per heavy atom. The average molecular weight is 128 g/mol. The van der Waals surface area contributed by atoms with E-state index in [0.717, 1.165) is 12.8 Å². The van der Waals surface area contributed by atoms with E-state index in [-0.39, 0.29) is 29.6 Å². The molecular formula is C8H9Na. The van der Waals surface area contributed by atoms with Gasteiger partial charge in [0.1, 0.15) is 0 Å². The molecule has 1 heteroatoms. The maximum atomic E-state index is 6.52. The minimum atomic E-state index is 0. The van der Waals surface area contributed by atoms with Crippen molar-refractivity contribution in [3.05, 3.63) is 6.42 Å². The maximum Gasteiger partial charge on any atom is 1.00 e. The van der Waals surface area contributed by atoms with Crippen LogP contribution in [-0.4, -0.2) is 0 Å². The van der Waals surface area contributed by atoms with Crippen LogP contribution in [0.4, 0.5) is 0 Å². The summed E-state index contributed by atoms with van der Waals surface area (Å²) in [5.41, 5.74) is 0. The third-order valence-corrected chi connectivity index (χ3v) is 0.677. The molecule has 0 saturated heterocycles. The Bertz CT molecular complexity index is 131. The van der Waals surface area contributed by atoms with Gasteiger partial charge in [-0.3, -0.25) is 0 Å². The molecule has 0 bridgehead atoms. The Labute approximate surface area is 79.7 Å². The average Bonchev–Trinajstić information content (AvgIpc) is 1.81.